The summed E-state index contributed by atoms with van der Waals surface area (Å²) in [6.07, 6.45) is 1.29. The number of rotatable bonds is 5. The molecule has 28 heavy (non-hydrogen) atoms. The molecule has 0 radical (unpaired) electrons. The van der Waals surface area contributed by atoms with Crippen molar-refractivity contribution in [3.8, 4) is 5.75 Å². The van der Waals surface area contributed by atoms with Gasteiger partial charge in [-0.1, -0.05) is 0 Å². The van der Waals surface area contributed by atoms with E-state index >= 15 is 0 Å². The lowest BCUT2D eigenvalue weighted by molar-refractivity contribution is 0.102. The van der Waals surface area contributed by atoms with Gasteiger partial charge in [0.25, 0.3) is 11.8 Å². The predicted octanol–water partition coefficient (Wildman–Crippen LogP) is 3.87. The van der Waals surface area contributed by atoms with Gasteiger partial charge in [-0.25, -0.2) is 8.78 Å². The molecule has 2 N–H and O–H groups in total. The minimum atomic E-state index is -0.903. The Kier molecular flexibility index (Phi) is 5.59. The molecule has 2 amide bonds. The Morgan fingerprint density at radius 1 is 0.929 bits per heavy atom. The topological polar surface area (TPSA) is 80.3 Å². The van der Waals surface area contributed by atoms with Crippen molar-refractivity contribution in [3.63, 3.8) is 0 Å². The number of ether oxygens (including phenoxy) is 1. The number of methoxy groups -OCH3 is 1. The van der Waals surface area contributed by atoms with E-state index in [1.165, 1.54) is 25.4 Å². The molecule has 0 unspecified atom stereocenters. The van der Waals surface area contributed by atoms with Crippen molar-refractivity contribution < 1.29 is 23.1 Å². The van der Waals surface area contributed by atoms with Crippen LogP contribution < -0.4 is 15.4 Å². The summed E-state index contributed by atoms with van der Waals surface area (Å²) in [5.41, 5.74) is 0.449. The molecule has 1 heterocycles. The van der Waals surface area contributed by atoms with Crippen LogP contribution in [0.2, 0.25) is 0 Å². The molecule has 0 aliphatic rings. The van der Waals surface area contributed by atoms with E-state index in [2.05, 4.69) is 15.6 Å². The number of carbonyl (C=O) groups excluding carboxylic acids is 2. The zero-order chi connectivity index (χ0) is 20.1. The van der Waals surface area contributed by atoms with Gasteiger partial charge in [-0.15, -0.1) is 0 Å². The van der Waals surface area contributed by atoms with Crippen molar-refractivity contribution in [1.29, 1.82) is 0 Å². The van der Waals surface area contributed by atoms with Gasteiger partial charge in [-0.3, -0.25) is 14.6 Å². The van der Waals surface area contributed by atoms with E-state index < -0.39 is 23.4 Å². The molecular formula is C20H15F2N3O3. The van der Waals surface area contributed by atoms with Crippen LogP contribution in [0.3, 0.4) is 0 Å². The summed E-state index contributed by atoms with van der Waals surface area (Å²) in [7, 11) is 1.53. The largest absolute Gasteiger partial charge is 0.497 e. The van der Waals surface area contributed by atoms with Crippen molar-refractivity contribution in [2.24, 2.45) is 0 Å². The molecular weight excluding hydrogens is 368 g/mol. The lowest BCUT2D eigenvalue weighted by Gasteiger charge is -2.08. The first-order valence-electron chi connectivity index (χ1n) is 8.14. The number of nitrogens with zero attached hydrogens (tertiary/aromatic N) is 1. The normalized spacial score (nSPS) is 10.2. The summed E-state index contributed by atoms with van der Waals surface area (Å²) < 4.78 is 31.7. The molecule has 1 aromatic heterocycles. The SMILES string of the molecule is COc1ccc(NC(=O)c2cc(C(=O)Nc3ccc(F)cc3F)ccn2)cc1. The van der Waals surface area contributed by atoms with Crippen LogP contribution in [-0.2, 0) is 0 Å². The Morgan fingerprint density at radius 2 is 1.68 bits per heavy atom. The Balaban J connectivity index is 1.73. The number of halogens is 2. The van der Waals surface area contributed by atoms with Crippen LogP contribution in [0.25, 0.3) is 0 Å². The standard InChI is InChI=1S/C20H15F2N3O3/c1-28-15-5-3-14(4-6-15)24-20(27)18-10-12(8-9-23-18)19(26)25-17-7-2-13(21)11-16(17)22/h2-11H,1H3,(H,24,27)(H,25,26). The molecule has 6 nitrogen and oxygen atoms in total. The second-order valence-corrected chi connectivity index (χ2v) is 5.69. The molecule has 0 saturated heterocycles. The van der Waals surface area contributed by atoms with E-state index in [0.29, 0.717) is 17.5 Å². The number of pyridine rings is 1. The first kappa shape index (κ1) is 19.0. The molecule has 0 bridgehead atoms. The van der Waals surface area contributed by atoms with Crippen molar-refractivity contribution in [1.82, 2.24) is 4.98 Å². The first-order chi connectivity index (χ1) is 13.5. The van der Waals surface area contributed by atoms with Gasteiger partial charge in [0.15, 0.2) is 0 Å². The molecule has 3 rings (SSSR count). The monoisotopic (exact) mass is 383 g/mol. The van der Waals surface area contributed by atoms with Gasteiger partial charge >= 0.3 is 0 Å². The van der Waals surface area contributed by atoms with E-state index in [0.717, 1.165) is 12.1 Å². The van der Waals surface area contributed by atoms with E-state index in [-0.39, 0.29) is 16.9 Å². The van der Waals surface area contributed by atoms with Crippen LogP contribution in [0.15, 0.2) is 60.8 Å². The van der Waals surface area contributed by atoms with Gasteiger partial charge in [0, 0.05) is 23.5 Å². The van der Waals surface area contributed by atoms with Crippen LogP contribution in [0, 0.1) is 11.6 Å². The fourth-order valence-electron chi connectivity index (χ4n) is 2.35. The zero-order valence-electron chi connectivity index (χ0n) is 14.7. The van der Waals surface area contributed by atoms with Crippen molar-refractivity contribution in [3.05, 3.63) is 83.7 Å². The molecule has 8 heteroatoms. The highest BCUT2D eigenvalue weighted by Crippen LogP contribution is 2.18. The van der Waals surface area contributed by atoms with Crippen molar-refractivity contribution in [2.75, 3.05) is 17.7 Å². The maximum Gasteiger partial charge on any atom is 0.274 e. The van der Waals surface area contributed by atoms with Crippen LogP contribution in [0.1, 0.15) is 20.8 Å². The summed E-state index contributed by atoms with van der Waals surface area (Å²) in [4.78, 5) is 28.6. The second kappa shape index (κ2) is 8.26. The van der Waals surface area contributed by atoms with Crippen LogP contribution in [0.4, 0.5) is 20.2 Å². The highest BCUT2D eigenvalue weighted by atomic mass is 19.1. The first-order valence-corrected chi connectivity index (χ1v) is 8.14. The maximum absolute atomic E-state index is 13.7. The molecule has 3 aromatic rings. The molecule has 142 valence electrons. The highest BCUT2D eigenvalue weighted by molar-refractivity contribution is 6.07. The number of hydrogen-bond acceptors (Lipinski definition) is 4. The van der Waals surface area contributed by atoms with Gasteiger partial charge in [-0.05, 0) is 48.5 Å². The fraction of sp³-hybridized carbons (Fsp3) is 0.0500. The third-order valence-electron chi connectivity index (χ3n) is 3.78. The van der Waals surface area contributed by atoms with Gasteiger partial charge in [0.1, 0.15) is 23.1 Å². The number of amides is 2. The quantitative estimate of drug-likeness (QED) is 0.701. The molecule has 0 atom stereocenters. The minimum Gasteiger partial charge on any atom is -0.497 e. The Labute approximate surface area is 159 Å². The van der Waals surface area contributed by atoms with Crippen molar-refractivity contribution in [2.45, 2.75) is 0 Å². The summed E-state index contributed by atoms with van der Waals surface area (Å²) in [6.45, 7) is 0. The van der Waals surface area contributed by atoms with Crippen LogP contribution in [-0.4, -0.2) is 23.9 Å². The van der Waals surface area contributed by atoms with Gasteiger partial charge < -0.3 is 15.4 Å². The van der Waals surface area contributed by atoms with Gasteiger partial charge in [-0.2, -0.15) is 0 Å². The zero-order valence-corrected chi connectivity index (χ0v) is 14.7. The summed E-state index contributed by atoms with van der Waals surface area (Å²) in [5, 5.41) is 4.98. The summed E-state index contributed by atoms with van der Waals surface area (Å²) in [5.74, 6) is -2.20. The number of benzene rings is 2. The fourth-order valence-corrected chi connectivity index (χ4v) is 2.35. The maximum atomic E-state index is 13.7. The van der Waals surface area contributed by atoms with Crippen LogP contribution in [0.5, 0.6) is 5.75 Å². The molecule has 0 fully saturated rings. The number of nitrogens with one attached hydrogen (secondary N) is 2. The minimum absolute atomic E-state index is 0.00282. The second-order valence-electron chi connectivity index (χ2n) is 5.69. The molecule has 0 aliphatic carbocycles. The number of carbonyl (C=O) groups is 2. The highest BCUT2D eigenvalue weighted by Gasteiger charge is 2.14. The lowest BCUT2D eigenvalue weighted by atomic mass is 10.2. The van der Waals surface area contributed by atoms with Crippen molar-refractivity contribution >= 4 is 23.2 Å². The lowest BCUT2D eigenvalue weighted by Crippen LogP contribution is -2.17. The van der Waals surface area contributed by atoms with E-state index in [4.69, 9.17) is 4.74 Å². The number of anilines is 2. The van der Waals surface area contributed by atoms with Gasteiger partial charge in [0.2, 0.25) is 0 Å². The average molecular weight is 383 g/mol. The predicted molar refractivity (Wildman–Crippen MR) is 99.5 cm³/mol. The Hall–Kier alpha value is -3.81. The van der Waals surface area contributed by atoms with E-state index in [9.17, 15) is 18.4 Å². The molecule has 0 saturated carbocycles. The molecule has 0 spiro atoms. The summed E-state index contributed by atoms with van der Waals surface area (Å²) >= 11 is 0. The Morgan fingerprint density at radius 3 is 2.36 bits per heavy atom. The number of hydrogen-bond donors (Lipinski definition) is 2. The number of aromatic nitrogens is 1. The smallest absolute Gasteiger partial charge is 0.274 e. The van der Waals surface area contributed by atoms with Gasteiger partial charge in [0.05, 0.1) is 12.8 Å². The third kappa shape index (κ3) is 4.47. The van der Waals surface area contributed by atoms with E-state index in [1.807, 2.05) is 0 Å². The third-order valence-corrected chi connectivity index (χ3v) is 3.78. The van der Waals surface area contributed by atoms with Crippen LogP contribution >= 0.6 is 0 Å². The molecule has 0 aliphatic heterocycles. The summed E-state index contributed by atoms with van der Waals surface area (Å²) in [6, 6.07) is 12.1. The Bertz CT molecular complexity index is 1020. The molecule has 2 aromatic carbocycles. The van der Waals surface area contributed by atoms with E-state index in [1.54, 1.807) is 24.3 Å². The average Bonchev–Trinajstić information content (AvgIpc) is 2.70.